The minimum absolute atomic E-state index is 0.000271. The number of rotatable bonds is 5. The van der Waals surface area contributed by atoms with E-state index in [0.29, 0.717) is 17.7 Å². The van der Waals surface area contributed by atoms with Gasteiger partial charge >= 0.3 is 0 Å². The lowest BCUT2D eigenvalue weighted by Crippen LogP contribution is -2.50. The number of piperidine rings is 1. The molecule has 2 aromatic rings. The van der Waals surface area contributed by atoms with E-state index in [0.717, 1.165) is 71.4 Å². The van der Waals surface area contributed by atoms with Crippen molar-refractivity contribution in [2.45, 2.75) is 50.9 Å². The molecule has 6 rings (SSSR count). The second kappa shape index (κ2) is 9.91. The first kappa shape index (κ1) is 23.6. The lowest BCUT2D eigenvalue weighted by atomic mass is 9.82. The molecule has 2 aliphatic heterocycles. The summed E-state index contributed by atoms with van der Waals surface area (Å²) < 4.78 is 0. The number of amides is 2. The van der Waals surface area contributed by atoms with Crippen LogP contribution in [-0.2, 0) is 9.59 Å². The number of benzene rings is 2. The second-order valence-electron chi connectivity index (χ2n) is 11.5. The van der Waals surface area contributed by atoms with Crippen LogP contribution < -0.4 is 4.90 Å². The fourth-order valence-electron chi connectivity index (χ4n) is 7.23. The quantitative estimate of drug-likeness (QED) is 0.603. The van der Waals surface area contributed by atoms with Crippen molar-refractivity contribution in [3.8, 4) is 0 Å². The van der Waals surface area contributed by atoms with Crippen molar-refractivity contribution in [2.24, 2.45) is 17.3 Å². The van der Waals surface area contributed by atoms with Crippen LogP contribution in [0.15, 0.2) is 60.7 Å². The second-order valence-corrected chi connectivity index (χ2v) is 11.5. The average Bonchev–Trinajstić information content (AvgIpc) is 3.36. The zero-order valence-corrected chi connectivity index (χ0v) is 21.4. The van der Waals surface area contributed by atoms with E-state index in [4.69, 9.17) is 0 Å². The molecular formula is C31H39N3O2. The molecular weight excluding hydrogens is 446 g/mol. The Balaban J connectivity index is 1.04. The van der Waals surface area contributed by atoms with E-state index in [-0.39, 0.29) is 17.3 Å². The van der Waals surface area contributed by atoms with Gasteiger partial charge in [0.25, 0.3) is 0 Å². The predicted molar refractivity (Wildman–Crippen MR) is 143 cm³/mol. The Hall–Kier alpha value is -2.82. The first-order valence-corrected chi connectivity index (χ1v) is 14.1. The third-order valence-corrected chi connectivity index (χ3v) is 9.57. The van der Waals surface area contributed by atoms with Gasteiger partial charge in [0.05, 0.1) is 5.92 Å². The number of likely N-dealkylation sites (tertiary alicyclic amines) is 1. The van der Waals surface area contributed by atoms with Gasteiger partial charge in [-0.3, -0.25) is 9.59 Å². The molecule has 2 saturated carbocycles. The summed E-state index contributed by atoms with van der Waals surface area (Å²) in [6.45, 7) is 5.04. The maximum atomic E-state index is 13.8. The summed E-state index contributed by atoms with van der Waals surface area (Å²) in [4.78, 5) is 33.8. The van der Waals surface area contributed by atoms with E-state index in [9.17, 15) is 9.59 Å². The summed E-state index contributed by atoms with van der Waals surface area (Å²) in [7, 11) is 0. The van der Waals surface area contributed by atoms with Gasteiger partial charge in [0, 0.05) is 50.9 Å². The van der Waals surface area contributed by atoms with Gasteiger partial charge in [-0.25, -0.2) is 0 Å². The number of carbonyl (C=O) groups excluding carboxylic acids is 2. The Labute approximate surface area is 215 Å². The van der Waals surface area contributed by atoms with Crippen LogP contribution in [0.1, 0.15) is 56.4 Å². The molecule has 5 nitrogen and oxygen atoms in total. The highest BCUT2D eigenvalue weighted by Gasteiger charge is 2.59. The van der Waals surface area contributed by atoms with Crippen LogP contribution in [0.5, 0.6) is 0 Å². The smallest absolute Gasteiger partial charge is 0.230 e. The van der Waals surface area contributed by atoms with E-state index in [1.807, 2.05) is 12.1 Å². The van der Waals surface area contributed by atoms with Crippen molar-refractivity contribution >= 4 is 17.5 Å². The number of hydrogen-bond donors (Lipinski definition) is 0. The molecule has 0 aromatic heterocycles. The normalized spacial score (nSPS) is 24.7. The molecule has 2 aromatic carbocycles. The first-order valence-electron chi connectivity index (χ1n) is 14.1. The van der Waals surface area contributed by atoms with Crippen LogP contribution in [0, 0.1) is 17.3 Å². The van der Waals surface area contributed by atoms with E-state index >= 15 is 0 Å². The summed E-state index contributed by atoms with van der Waals surface area (Å²) in [6.07, 6.45) is 7.78. The van der Waals surface area contributed by atoms with Crippen molar-refractivity contribution in [1.82, 2.24) is 9.80 Å². The van der Waals surface area contributed by atoms with Crippen LogP contribution in [0.25, 0.3) is 0 Å². The Bertz CT molecular complexity index is 1050. The molecule has 0 unspecified atom stereocenters. The summed E-state index contributed by atoms with van der Waals surface area (Å²) >= 11 is 0. The third kappa shape index (κ3) is 4.53. The van der Waals surface area contributed by atoms with Crippen LogP contribution in [0.2, 0.25) is 0 Å². The van der Waals surface area contributed by atoms with Gasteiger partial charge in [-0.1, -0.05) is 61.4 Å². The molecule has 0 N–H and O–H groups in total. The zero-order chi connectivity index (χ0) is 24.5. The van der Waals surface area contributed by atoms with Gasteiger partial charge in [0.2, 0.25) is 11.8 Å². The molecule has 2 heterocycles. The maximum Gasteiger partial charge on any atom is 0.230 e. The molecule has 36 heavy (non-hydrogen) atoms. The minimum atomic E-state index is 0.000271. The Morgan fingerprint density at radius 3 is 2.00 bits per heavy atom. The molecule has 2 saturated heterocycles. The zero-order valence-electron chi connectivity index (χ0n) is 21.4. The van der Waals surface area contributed by atoms with Gasteiger partial charge in [-0.15, -0.1) is 0 Å². The number of para-hydroxylation sites is 1. The van der Waals surface area contributed by atoms with Gasteiger partial charge in [0.1, 0.15) is 0 Å². The number of carbonyl (C=O) groups is 2. The standard InChI is InChI=1S/C31H39N3O2/c35-29(34-21-19-32(20-22-34)26-13-5-2-6-14-26)27-23-31(27)15-17-33(18-16-31)30(36)28(25-11-7-8-12-25)24-9-3-1-4-10-24/h1-6,9-10,13-14,25,27-28H,7-8,11-12,15-23H2/t27-,28+/m0/s1. The van der Waals surface area contributed by atoms with Crippen molar-refractivity contribution in [2.75, 3.05) is 44.2 Å². The highest BCUT2D eigenvalue weighted by Crippen LogP contribution is 2.60. The Kier molecular flexibility index (Phi) is 6.49. The summed E-state index contributed by atoms with van der Waals surface area (Å²) in [5.74, 6) is 1.32. The van der Waals surface area contributed by atoms with Crippen LogP contribution in [0.4, 0.5) is 5.69 Å². The van der Waals surface area contributed by atoms with Crippen LogP contribution in [0.3, 0.4) is 0 Å². The fourth-order valence-corrected chi connectivity index (χ4v) is 7.23. The van der Waals surface area contributed by atoms with Gasteiger partial charge in [0.15, 0.2) is 0 Å². The highest BCUT2D eigenvalue weighted by molar-refractivity contribution is 5.85. The largest absolute Gasteiger partial charge is 0.368 e. The van der Waals surface area contributed by atoms with Crippen molar-refractivity contribution in [3.05, 3.63) is 66.2 Å². The van der Waals surface area contributed by atoms with Gasteiger partial charge in [-0.2, -0.15) is 0 Å². The van der Waals surface area contributed by atoms with Crippen molar-refractivity contribution < 1.29 is 9.59 Å². The maximum absolute atomic E-state index is 13.8. The Morgan fingerprint density at radius 2 is 1.36 bits per heavy atom. The van der Waals surface area contributed by atoms with Crippen LogP contribution in [-0.4, -0.2) is 60.9 Å². The third-order valence-electron chi connectivity index (χ3n) is 9.57. The topological polar surface area (TPSA) is 43.9 Å². The van der Waals surface area contributed by atoms with Crippen molar-refractivity contribution in [3.63, 3.8) is 0 Å². The lowest BCUT2D eigenvalue weighted by molar-refractivity contribution is -0.136. The van der Waals surface area contributed by atoms with Crippen molar-refractivity contribution in [1.29, 1.82) is 0 Å². The first-order chi connectivity index (χ1) is 17.6. The molecule has 5 heteroatoms. The average molecular weight is 486 g/mol. The highest BCUT2D eigenvalue weighted by atomic mass is 16.2. The number of nitrogens with zero attached hydrogens (tertiary/aromatic N) is 3. The minimum Gasteiger partial charge on any atom is -0.368 e. The molecule has 2 amide bonds. The van der Waals surface area contributed by atoms with Gasteiger partial charge < -0.3 is 14.7 Å². The number of anilines is 1. The molecule has 190 valence electrons. The SMILES string of the molecule is O=C([C@H](c1ccccc1)C1CCCC1)N1CCC2(CC1)C[C@H]2C(=O)N1CCN(c2ccccc2)CC1. The monoisotopic (exact) mass is 485 g/mol. The number of piperazine rings is 1. The molecule has 0 bridgehead atoms. The molecule has 4 fully saturated rings. The summed E-state index contributed by atoms with van der Waals surface area (Å²) in [5, 5.41) is 0. The molecule has 1 spiro atoms. The Morgan fingerprint density at radius 1 is 0.750 bits per heavy atom. The molecule has 0 radical (unpaired) electrons. The molecule has 2 aliphatic carbocycles. The summed E-state index contributed by atoms with van der Waals surface area (Å²) in [5.41, 5.74) is 2.57. The van der Waals surface area contributed by atoms with E-state index in [1.54, 1.807) is 0 Å². The summed E-state index contributed by atoms with van der Waals surface area (Å²) in [6, 6.07) is 20.9. The van der Waals surface area contributed by atoms with E-state index in [1.165, 1.54) is 24.1 Å². The fraction of sp³-hybridized carbons (Fsp3) is 0.548. The van der Waals surface area contributed by atoms with Gasteiger partial charge in [-0.05, 0) is 61.1 Å². The predicted octanol–water partition coefficient (Wildman–Crippen LogP) is 4.94. The molecule has 2 atom stereocenters. The van der Waals surface area contributed by atoms with Crippen LogP contribution >= 0.6 is 0 Å². The lowest BCUT2D eigenvalue weighted by Gasteiger charge is -2.38. The number of hydrogen-bond acceptors (Lipinski definition) is 3. The van der Waals surface area contributed by atoms with E-state index < -0.39 is 0 Å². The van der Waals surface area contributed by atoms with E-state index in [2.05, 4.69) is 63.2 Å². The molecule has 4 aliphatic rings.